The van der Waals surface area contributed by atoms with E-state index >= 15 is 0 Å². The van der Waals surface area contributed by atoms with Gasteiger partial charge in [0, 0.05) is 29.8 Å². The molecule has 4 nitrogen and oxygen atoms in total. The first-order valence-corrected chi connectivity index (χ1v) is 6.14. The molecular weight excluding hydrogens is 234 g/mol. The van der Waals surface area contributed by atoms with Gasteiger partial charge in [0.15, 0.2) is 5.69 Å². The summed E-state index contributed by atoms with van der Waals surface area (Å²) >= 11 is 7.08. The molecule has 1 unspecified atom stereocenters. The van der Waals surface area contributed by atoms with Crippen LogP contribution in [0.4, 0.5) is 0 Å². The van der Waals surface area contributed by atoms with Crippen LogP contribution in [0, 0.1) is 5.41 Å². The summed E-state index contributed by atoms with van der Waals surface area (Å²) in [6.45, 7) is 3.58. The fourth-order valence-electron chi connectivity index (χ4n) is 1.73. The number of alkyl halides is 1. The van der Waals surface area contributed by atoms with Crippen molar-refractivity contribution in [1.82, 2.24) is 14.5 Å². The van der Waals surface area contributed by atoms with E-state index in [-0.39, 0.29) is 11.3 Å². The maximum absolute atomic E-state index is 11.9. The standard InChI is InChI=1S/C9H12ClN3OS/c1-9(5-10)2-3-13(6-9)8(14)7-4-15-12-11-7/h4H,2-3,5-6H2,1H3. The number of likely N-dealkylation sites (tertiary alicyclic amines) is 1. The molecule has 1 amide bonds. The minimum Gasteiger partial charge on any atom is -0.337 e. The second-order valence-electron chi connectivity index (χ2n) is 4.21. The van der Waals surface area contributed by atoms with E-state index in [0.29, 0.717) is 18.1 Å². The molecule has 2 heterocycles. The van der Waals surface area contributed by atoms with Gasteiger partial charge in [-0.25, -0.2) is 0 Å². The van der Waals surface area contributed by atoms with E-state index in [1.165, 1.54) is 11.5 Å². The lowest BCUT2D eigenvalue weighted by Crippen LogP contribution is -2.31. The lowest BCUT2D eigenvalue weighted by atomic mass is 9.93. The van der Waals surface area contributed by atoms with Gasteiger partial charge in [-0.1, -0.05) is 11.4 Å². The average molecular weight is 246 g/mol. The van der Waals surface area contributed by atoms with E-state index in [1.54, 1.807) is 10.3 Å². The van der Waals surface area contributed by atoms with Gasteiger partial charge in [-0.15, -0.1) is 16.7 Å². The molecule has 1 aromatic rings. The predicted octanol–water partition coefficient (Wildman–Crippen LogP) is 1.63. The van der Waals surface area contributed by atoms with Crippen molar-refractivity contribution in [2.45, 2.75) is 13.3 Å². The molecule has 82 valence electrons. The predicted molar refractivity (Wildman–Crippen MR) is 59.3 cm³/mol. The Hall–Kier alpha value is -0.680. The summed E-state index contributed by atoms with van der Waals surface area (Å²) in [5.41, 5.74) is 0.500. The van der Waals surface area contributed by atoms with Gasteiger partial charge in [-0.2, -0.15) is 0 Å². The average Bonchev–Trinajstić information content (AvgIpc) is 2.86. The van der Waals surface area contributed by atoms with Crippen LogP contribution in [0.5, 0.6) is 0 Å². The molecule has 0 bridgehead atoms. The maximum Gasteiger partial charge on any atom is 0.275 e. The van der Waals surface area contributed by atoms with Crippen LogP contribution in [0.25, 0.3) is 0 Å². The number of aromatic nitrogens is 2. The van der Waals surface area contributed by atoms with Crippen LogP contribution in [0.15, 0.2) is 5.38 Å². The fourth-order valence-corrected chi connectivity index (χ4v) is 2.37. The van der Waals surface area contributed by atoms with Gasteiger partial charge in [0.05, 0.1) is 0 Å². The smallest absolute Gasteiger partial charge is 0.275 e. The van der Waals surface area contributed by atoms with Crippen LogP contribution < -0.4 is 0 Å². The molecule has 6 heteroatoms. The summed E-state index contributed by atoms with van der Waals surface area (Å²) in [7, 11) is 0. The Labute approximate surface area is 97.4 Å². The van der Waals surface area contributed by atoms with Crippen molar-refractivity contribution in [3.63, 3.8) is 0 Å². The lowest BCUT2D eigenvalue weighted by molar-refractivity contribution is 0.0773. The van der Waals surface area contributed by atoms with Gasteiger partial charge >= 0.3 is 0 Å². The molecule has 0 aliphatic carbocycles. The van der Waals surface area contributed by atoms with Gasteiger partial charge in [-0.3, -0.25) is 4.79 Å². The molecule has 2 rings (SSSR count). The lowest BCUT2D eigenvalue weighted by Gasteiger charge is -2.21. The summed E-state index contributed by atoms with van der Waals surface area (Å²) in [5, 5.41) is 5.46. The molecule has 1 aromatic heterocycles. The van der Waals surface area contributed by atoms with E-state index in [2.05, 4.69) is 16.5 Å². The van der Waals surface area contributed by atoms with Crippen molar-refractivity contribution in [2.75, 3.05) is 19.0 Å². The largest absolute Gasteiger partial charge is 0.337 e. The van der Waals surface area contributed by atoms with Crippen LogP contribution >= 0.6 is 23.1 Å². The highest BCUT2D eigenvalue weighted by molar-refractivity contribution is 7.03. The number of hydrogen-bond acceptors (Lipinski definition) is 4. The third-order valence-corrected chi connectivity index (χ3v) is 3.90. The van der Waals surface area contributed by atoms with E-state index in [4.69, 9.17) is 11.6 Å². The molecule has 0 radical (unpaired) electrons. The van der Waals surface area contributed by atoms with Crippen molar-refractivity contribution in [3.8, 4) is 0 Å². The Morgan fingerprint density at radius 3 is 3.13 bits per heavy atom. The van der Waals surface area contributed by atoms with Crippen LogP contribution in [-0.2, 0) is 0 Å². The second kappa shape index (κ2) is 4.06. The summed E-state index contributed by atoms with van der Waals surface area (Å²) in [6, 6.07) is 0. The summed E-state index contributed by atoms with van der Waals surface area (Å²) in [6.07, 6.45) is 0.958. The molecule has 15 heavy (non-hydrogen) atoms. The van der Waals surface area contributed by atoms with Gasteiger partial charge in [0.2, 0.25) is 0 Å². The molecule has 0 N–H and O–H groups in total. The van der Waals surface area contributed by atoms with Gasteiger partial charge < -0.3 is 4.90 Å². The highest BCUT2D eigenvalue weighted by atomic mass is 35.5. The van der Waals surface area contributed by atoms with E-state index in [9.17, 15) is 4.79 Å². The maximum atomic E-state index is 11.9. The second-order valence-corrected chi connectivity index (χ2v) is 5.09. The molecule has 0 spiro atoms. The number of carbonyl (C=O) groups excluding carboxylic acids is 1. The first kappa shape index (κ1) is 10.8. The molecule has 0 aromatic carbocycles. The minimum atomic E-state index is -0.0300. The quantitative estimate of drug-likeness (QED) is 0.744. The van der Waals surface area contributed by atoms with Crippen LogP contribution in [-0.4, -0.2) is 39.4 Å². The van der Waals surface area contributed by atoms with Gasteiger partial charge in [0.1, 0.15) is 0 Å². The zero-order chi connectivity index (χ0) is 10.9. The molecule has 1 fully saturated rings. The number of halogens is 1. The third-order valence-electron chi connectivity index (χ3n) is 2.75. The van der Waals surface area contributed by atoms with Crippen molar-refractivity contribution in [2.24, 2.45) is 5.41 Å². The zero-order valence-electron chi connectivity index (χ0n) is 8.44. The third kappa shape index (κ3) is 2.13. The highest BCUT2D eigenvalue weighted by Gasteiger charge is 2.36. The Morgan fingerprint density at radius 1 is 1.80 bits per heavy atom. The van der Waals surface area contributed by atoms with Crippen molar-refractivity contribution in [1.29, 1.82) is 0 Å². The first-order valence-electron chi connectivity index (χ1n) is 4.77. The Balaban J connectivity index is 2.06. The summed E-state index contributed by atoms with van der Waals surface area (Å²) in [4.78, 5) is 13.7. The number of nitrogens with zero attached hydrogens (tertiary/aromatic N) is 3. The Bertz CT molecular complexity index is 356. The topological polar surface area (TPSA) is 46.1 Å². The number of rotatable bonds is 2. The number of amides is 1. The van der Waals surface area contributed by atoms with Crippen LogP contribution in [0.1, 0.15) is 23.8 Å². The van der Waals surface area contributed by atoms with Gasteiger partial charge in [0.25, 0.3) is 5.91 Å². The minimum absolute atomic E-state index is 0.0300. The normalized spacial score (nSPS) is 25.9. The fraction of sp³-hybridized carbons (Fsp3) is 0.667. The monoisotopic (exact) mass is 245 g/mol. The summed E-state index contributed by atoms with van der Waals surface area (Å²) in [5.74, 6) is 0.559. The van der Waals surface area contributed by atoms with Crippen molar-refractivity contribution >= 4 is 29.0 Å². The number of hydrogen-bond donors (Lipinski definition) is 0. The number of carbonyl (C=O) groups is 1. The highest BCUT2D eigenvalue weighted by Crippen LogP contribution is 2.31. The SMILES string of the molecule is CC1(CCl)CCN(C(=O)c2csnn2)C1. The first-order chi connectivity index (χ1) is 7.14. The molecule has 1 aliphatic rings. The van der Waals surface area contributed by atoms with Crippen molar-refractivity contribution in [3.05, 3.63) is 11.1 Å². The molecule has 1 atom stereocenters. The molecule has 1 saturated heterocycles. The van der Waals surface area contributed by atoms with Crippen molar-refractivity contribution < 1.29 is 4.79 Å². The Kier molecular flexibility index (Phi) is 2.93. The van der Waals surface area contributed by atoms with E-state index in [0.717, 1.165) is 13.0 Å². The molecule has 1 aliphatic heterocycles. The van der Waals surface area contributed by atoms with E-state index < -0.39 is 0 Å². The summed E-state index contributed by atoms with van der Waals surface area (Å²) < 4.78 is 3.69. The van der Waals surface area contributed by atoms with Crippen LogP contribution in [0.3, 0.4) is 0 Å². The van der Waals surface area contributed by atoms with Crippen LogP contribution in [0.2, 0.25) is 0 Å². The van der Waals surface area contributed by atoms with Gasteiger partial charge in [-0.05, 0) is 18.0 Å². The molecule has 0 saturated carbocycles. The van der Waals surface area contributed by atoms with E-state index in [1.807, 2.05) is 0 Å². The Morgan fingerprint density at radius 2 is 2.60 bits per heavy atom. The molecular formula is C9H12ClN3OS. The zero-order valence-corrected chi connectivity index (χ0v) is 10.0.